The smallest absolute Gasteiger partial charge is 0.272 e. The summed E-state index contributed by atoms with van der Waals surface area (Å²) in [5, 5.41) is 1.98. The zero-order valence-corrected chi connectivity index (χ0v) is 16.4. The molecule has 1 spiro atoms. The van der Waals surface area contributed by atoms with Gasteiger partial charge in [0.25, 0.3) is 5.91 Å². The molecule has 3 atom stereocenters. The second-order valence-corrected chi connectivity index (χ2v) is 8.23. The SMILES string of the molecule is O=C(c1cc2ccccc2cn1)N1CC[C@@]23OC[C@@H](c4ccccc4)N2C(=O)C[C@@H]13. The molecule has 0 unspecified atom stereocenters. The minimum atomic E-state index is -0.718. The summed E-state index contributed by atoms with van der Waals surface area (Å²) in [5.74, 6) is -0.0839. The molecule has 0 bridgehead atoms. The number of hydrogen-bond acceptors (Lipinski definition) is 4. The Labute approximate surface area is 174 Å². The van der Waals surface area contributed by atoms with E-state index in [1.54, 1.807) is 11.1 Å². The minimum Gasteiger partial charge on any atom is -0.351 e. The Balaban J connectivity index is 1.32. The van der Waals surface area contributed by atoms with E-state index in [-0.39, 0.29) is 23.9 Å². The number of amides is 2. The third kappa shape index (κ3) is 2.37. The van der Waals surface area contributed by atoms with E-state index in [9.17, 15) is 9.59 Å². The lowest BCUT2D eigenvalue weighted by Crippen LogP contribution is -2.49. The monoisotopic (exact) mass is 399 g/mol. The summed E-state index contributed by atoms with van der Waals surface area (Å²) in [4.78, 5) is 34.5. The number of hydrogen-bond donors (Lipinski definition) is 0. The van der Waals surface area contributed by atoms with Crippen LogP contribution in [-0.2, 0) is 9.53 Å². The van der Waals surface area contributed by atoms with Crippen LogP contribution in [0.5, 0.6) is 0 Å². The normalized spacial score (nSPS) is 27.5. The second kappa shape index (κ2) is 6.37. The van der Waals surface area contributed by atoms with Crippen molar-refractivity contribution >= 4 is 22.6 Å². The molecule has 3 aliphatic heterocycles. The molecule has 3 fully saturated rings. The van der Waals surface area contributed by atoms with E-state index in [0.717, 1.165) is 16.3 Å². The quantitative estimate of drug-likeness (QED) is 0.664. The molecule has 3 aliphatic rings. The van der Waals surface area contributed by atoms with Crippen molar-refractivity contribution in [1.29, 1.82) is 0 Å². The van der Waals surface area contributed by atoms with Gasteiger partial charge in [-0.3, -0.25) is 14.6 Å². The number of carbonyl (C=O) groups excluding carboxylic acids is 2. The molecule has 1 aromatic heterocycles. The minimum absolute atomic E-state index is 0.0512. The van der Waals surface area contributed by atoms with Gasteiger partial charge in [-0.1, -0.05) is 54.6 Å². The van der Waals surface area contributed by atoms with Crippen molar-refractivity contribution in [3.8, 4) is 0 Å². The second-order valence-electron chi connectivity index (χ2n) is 8.23. The zero-order valence-electron chi connectivity index (χ0n) is 16.4. The molecule has 0 radical (unpaired) electrons. The standard InChI is InChI=1S/C24H21N3O3/c28-22-13-21-24(27(22)20(15-30-24)16-6-2-1-3-7-16)10-11-26(21)23(29)19-12-17-8-4-5-9-18(17)14-25-19/h1-9,12,14,20-21H,10-11,13,15H2/t20-,21+,24-/m0/s1. The van der Waals surface area contributed by atoms with E-state index in [0.29, 0.717) is 31.7 Å². The van der Waals surface area contributed by atoms with Gasteiger partial charge in [0.1, 0.15) is 5.69 Å². The van der Waals surface area contributed by atoms with Gasteiger partial charge >= 0.3 is 0 Å². The molecule has 2 amide bonds. The summed E-state index contributed by atoms with van der Waals surface area (Å²) in [6.45, 7) is 1.02. The summed E-state index contributed by atoms with van der Waals surface area (Å²) >= 11 is 0. The molecule has 6 nitrogen and oxygen atoms in total. The largest absolute Gasteiger partial charge is 0.351 e. The van der Waals surface area contributed by atoms with Gasteiger partial charge in [-0.15, -0.1) is 0 Å². The topological polar surface area (TPSA) is 62.7 Å². The first-order valence-corrected chi connectivity index (χ1v) is 10.3. The van der Waals surface area contributed by atoms with Crippen molar-refractivity contribution in [1.82, 2.24) is 14.8 Å². The Hall–Kier alpha value is -3.25. The van der Waals surface area contributed by atoms with Crippen molar-refractivity contribution in [2.45, 2.75) is 30.7 Å². The lowest BCUT2D eigenvalue weighted by Gasteiger charge is -2.33. The maximum absolute atomic E-state index is 13.4. The van der Waals surface area contributed by atoms with Crippen LogP contribution in [0.4, 0.5) is 0 Å². The first kappa shape index (κ1) is 17.6. The van der Waals surface area contributed by atoms with Crippen LogP contribution in [0.25, 0.3) is 10.8 Å². The van der Waals surface area contributed by atoms with Crippen molar-refractivity contribution in [3.63, 3.8) is 0 Å². The van der Waals surface area contributed by atoms with Crippen LogP contribution in [0.15, 0.2) is 66.9 Å². The van der Waals surface area contributed by atoms with Gasteiger partial charge in [-0.25, -0.2) is 0 Å². The van der Waals surface area contributed by atoms with Crippen molar-refractivity contribution < 1.29 is 14.3 Å². The van der Waals surface area contributed by atoms with Crippen molar-refractivity contribution in [2.75, 3.05) is 13.2 Å². The Morgan fingerprint density at radius 1 is 1.07 bits per heavy atom. The van der Waals surface area contributed by atoms with Crippen LogP contribution in [0.3, 0.4) is 0 Å². The number of benzene rings is 2. The molecule has 30 heavy (non-hydrogen) atoms. The van der Waals surface area contributed by atoms with Gasteiger partial charge < -0.3 is 14.5 Å². The molecule has 6 heteroatoms. The van der Waals surface area contributed by atoms with E-state index in [4.69, 9.17) is 4.74 Å². The van der Waals surface area contributed by atoms with E-state index in [1.165, 1.54) is 0 Å². The molecule has 0 saturated carbocycles. The van der Waals surface area contributed by atoms with E-state index in [1.807, 2.05) is 65.6 Å². The predicted octanol–water partition coefficient (Wildman–Crippen LogP) is 3.15. The summed E-state index contributed by atoms with van der Waals surface area (Å²) in [6.07, 6.45) is 2.66. The number of pyridine rings is 1. The highest BCUT2D eigenvalue weighted by Gasteiger charge is 2.65. The maximum Gasteiger partial charge on any atom is 0.272 e. The third-order valence-corrected chi connectivity index (χ3v) is 6.75. The number of fused-ring (bicyclic) bond motifs is 1. The summed E-state index contributed by atoms with van der Waals surface area (Å²) < 4.78 is 6.30. The predicted molar refractivity (Wildman–Crippen MR) is 111 cm³/mol. The fourth-order valence-electron chi connectivity index (χ4n) is 5.36. The number of carbonyl (C=O) groups is 2. The van der Waals surface area contributed by atoms with E-state index in [2.05, 4.69) is 4.98 Å². The Bertz CT molecular complexity index is 1160. The Kier molecular flexibility index (Phi) is 3.74. The fourth-order valence-corrected chi connectivity index (χ4v) is 5.36. The average Bonchev–Trinajstić information content (AvgIpc) is 3.42. The Morgan fingerprint density at radius 2 is 1.83 bits per heavy atom. The number of aromatic nitrogens is 1. The van der Waals surface area contributed by atoms with Crippen molar-refractivity contribution in [2.24, 2.45) is 0 Å². The highest BCUT2D eigenvalue weighted by Crippen LogP contribution is 2.51. The molecule has 4 heterocycles. The molecule has 0 aliphatic carbocycles. The van der Waals surface area contributed by atoms with Crippen LogP contribution in [-0.4, -0.2) is 51.5 Å². The van der Waals surface area contributed by atoms with Crippen LogP contribution < -0.4 is 0 Å². The molecule has 0 N–H and O–H groups in total. The first-order chi connectivity index (χ1) is 14.7. The lowest BCUT2D eigenvalue weighted by atomic mass is 10.0. The molecule has 2 aromatic carbocycles. The molecule has 3 saturated heterocycles. The highest BCUT2D eigenvalue weighted by atomic mass is 16.5. The van der Waals surface area contributed by atoms with Gasteiger partial charge in [0.2, 0.25) is 5.91 Å². The average molecular weight is 399 g/mol. The number of nitrogens with zero attached hydrogens (tertiary/aromatic N) is 3. The molecule has 150 valence electrons. The maximum atomic E-state index is 13.4. The van der Waals surface area contributed by atoms with Gasteiger partial charge in [0.15, 0.2) is 5.72 Å². The fraction of sp³-hybridized carbons (Fsp3) is 0.292. The van der Waals surface area contributed by atoms with Gasteiger partial charge in [0.05, 0.1) is 25.1 Å². The third-order valence-electron chi connectivity index (χ3n) is 6.75. The Morgan fingerprint density at radius 3 is 2.67 bits per heavy atom. The van der Waals surface area contributed by atoms with Gasteiger partial charge in [0, 0.05) is 24.5 Å². The molecular weight excluding hydrogens is 378 g/mol. The number of ether oxygens (including phenoxy) is 1. The van der Waals surface area contributed by atoms with Gasteiger partial charge in [-0.05, 0) is 17.0 Å². The van der Waals surface area contributed by atoms with Gasteiger partial charge in [-0.2, -0.15) is 0 Å². The van der Waals surface area contributed by atoms with Crippen LogP contribution in [0.2, 0.25) is 0 Å². The summed E-state index contributed by atoms with van der Waals surface area (Å²) in [5.41, 5.74) is 0.767. The van der Waals surface area contributed by atoms with Crippen LogP contribution in [0, 0.1) is 0 Å². The lowest BCUT2D eigenvalue weighted by molar-refractivity contribution is -0.138. The highest BCUT2D eigenvalue weighted by molar-refractivity contribution is 5.97. The van der Waals surface area contributed by atoms with E-state index >= 15 is 0 Å². The summed E-state index contributed by atoms with van der Waals surface area (Å²) in [6, 6.07) is 19.3. The molecule has 6 rings (SSSR count). The van der Waals surface area contributed by atoms with E-state index < -0.39 is 5.72 Å². The summed E-state index contributed by atoms with van der Waals surface area (Å²) in [7, 11) is 0. The number of likely N-dealkylation sites (tertiary alicyclic amines) is 1. The number of rotatable bonds is 2. The molecular formula is C24H21N3O3. The zero-order chi connectivity index (χ0) is 20.3. The first-order valence-electron chi connectivity index (χ1n) is 10.3. The van der Waals surface area contributed by atoms with Crippen LogP contribution >= 0.6 is 0 Å². The van der Waals surface area contributed by atoms with Crippen LogP contribution in [0.1, 0.15) is 34.9 Å². The molecule has 3 aromatic rings. The van der Waals surface area contributed by atoms with Crippen molar-refractivity contribution in [3.05, 3.63) is 78.1 Å².